The van der Waals surface area contributed by atoms with E-state index in [1.54, 1.807) is 0 Å². The number of ether oxygens (including phenoxy) is 1. The summed E-state index contributed by atoms with van der Waals surface area (Å²) in [5.41, 5.74) is 0.428. The first-order chi connectivity index (χ1) is 5.25. The summed E-state index contributed by atoms with van der Waals surface area (Å²) in [6.45, 7) is 14.6. The highest BCUT2D eigenvalue weighted by molar-refractivity contribution is 4.95. The topological polar surface area (TPSA) is 9.23 Å². The molecule has 0 aromatic heterocycles. The molecule has 12 heavy (non-hydrogen) atoms. The minimum absolute atomic E-state index is 0.0671. The molecule has 1 aliphatic heterocycles. The number of rotatable bonds is 0. The Morgan fingerprint density at radius 3 is 1.92 bits per heavy atom. The van der Waals surface area contributed by atoms with Crippen LogP contribution < -0.4 is 0 Å². The van der Waals surface area contributed by atoms with Crippen molar-refractivity contribution in [1.82, 2.24) is 0 Å². The summed E-state index contributed by atoms with van der Waals surface area (Å²) in [5.74, 6) is 1.37. The van der Waals surface area contributed by atoms with Crippen molar-refractivity contribution < 1.29 is 4.74 Å². The Hall–Kier alpha value is -0.0400. The van der Waals surface area contributed by atoms with E-state index in [0.717, 1.165) is 6.61 Å². The van der Waals surface area contributed by atoms with Gasteiger partial charge in [-0.15, -0.1) is 0 Å². The van der Waals surface area contributed by atoms with Crippen LogP contribution in [0.3, 0.4) is 0 Å². The minimum atomic E-state index is 0.0671. The molecule has 2 atom stereocenters. The normalized spacial score (nSPS) is 35.5. The first kappa shape index (κ1) is 10.0. The zero-order valence-corrected chi connectivity index (χ0v) is 9.27. The van der Waals surface area contributed by atoms with Crippen LogP contribution in [0.1, 0.15) is 41.5 Å². The van der Waals surface area contributed by atoms with Gasteiger partial charge in [0.1, 0.15) is 0 Å². The zero-order valence-electron chi connectivity index (χ0n) is 9.27. The predicted molar refractivity (Wildman–Crippen MR) is 52.1 cm³/mol. The fourth-order valence-electron chi connectivity index (χ4n) is 3.11. The van der Waals surface area contributed by atoms with Crippen LogP contribution in [0.5, 0.6) is 0 Å². The van der Waals surface area contributed by atoms with Gasteiger partial charge in [0.2, 0.25) is 0 Å². The van der Waals surface area contributed by atoms with Crippen molar-refractivity contribution in [1.29, 1.82) is 0 Å². The SMILES string of the molecule is C[C@H]1COC(C)(C)[C@H]1C(C)(C)C. The van der Waals surface area contributed by atoms with Gasteiger partial charge in [0, 0.05) is 0 Å². The van der Waals surface area contributed by atoms with Crippen LogP contribution in [-0.4, -0.2) is 12.2 Å². The molecule has 0 radical (unpaired) electrons. The molecule has 0 aliphatic carbocycles. The van der Waals surface area contributed by atoms with Crippen LogP contribution in [-0.2, 0) is 4.74 Å². The van der Waals surface area contributed by atoms with Crippen LogP contribution in [0.25, 0.3) is 0 Å². The minimum Gasteiger partial charge on any atom is -0.375 e. The summed E-state index contributed by atoms with van der Waals surface area (Å²) >= 11 is 0. The molecule has 1 heterocycles. The van der Waals surface area contributed by atoms with Gasteiger partial charge in [0.15, 0.2) is 0 Å². The van der Waals surface area contributed by atoms with Gasteiger partial charge in [-0.2, -0.15) is 0 Å². The van der Waals surface area contributed by atoms with Crippen LogP contribution in [0, 0.1) is 17.3 Å². The highest BCUT2D eigenvalue weighted by Gasteiger charge is 2.46. The Kier molecular flexibility index (Phi) is 2.28. The molecule has 1 fully saturated rings. The number of hydrogen-bond acceptors (Lipinski definition) is 1. The van der Waals surface area contributed by atoms with E-state index in [1.807, 2.05) is 0 Å². The second-order valence-corrected chi connectivity index (χ2v) is 5.74. The summed E-state index contributed by atoms with van der Waals surface area (Å²) < 4.78 is 5.79. The molecule has 1 nitrogen and oxygen atoms in total. The molecule has 0 N–H and O–H groups in total. The molecule has 0 saturated carbocycles. The van der Waals surface area contributed by atoms with Crippen LogP contribution in [0.4, 0.5) is 0 Å². The fourth-order valence-corrected chi connectivity index (χ4v) is 3.11. The van der Waals surface area contributed by atoms with E-state index < -0.39 is 0 Å². The van der Waals surface area contributed by atoms with Gasteiger partial charge < -0.3 is 4.74 Å². The van der Waals surface area contributed by atoms with E-state index >= 15 is 0 Å². The third-order valence-electron chi connectivity index (χ3n) is 2.97. The molecule has 0 amide bonds. The largest absolute Gasteiger partial charge is 0.375 e. The van der Waals surface area contributed by atoms with Gasteiger partial charge in [0.05, 0.1) is 12.2 Å². The third kappa shape index (κ3) is 1.66. The lowest BCUT2D eigenvalue weighted by Crippen LogP contribution is -2.38. The summed E-state index contributed by atoms with van der Waals surface area (Å²) in [6.07, 6.45) is 0. The Morgan fingerprint density at radius 1 is 1.25 bits per heavy atom. The van der Waals surface area contributed by atoms with Gasteiger partial charge in [-0.25, -0.2) is 0 Å². The molecular formula is C11H22O. The van der Waals surface area contributed by atoms with Crippen molar-refractivity contribution in [3.05, 3.63) is 0 Å². The van der Waals surface area contributed by atoms with Gasteiger partial charge in [0.25, 0.3) is 0 Å². The summed E-state index contributed by atoms with van der Waals surface area (Å²) in [7, 11) is 0. The van der Waals surface area contributed by atoms with Crippen LogP contribution in [0.2, 0.25) is 0 Å². The van der Waals surface area contributed by atoms with Gasteiger partial charge >= 0.3 is 0 Å². The molecule has 1 heteroatoms. The van der Waals surface area contributed by atoms with E-state index in [4.69, 9.17) is 4.74 Å². The Balaban J connectivity index is 2.86. The first-order valence-electron chi connectivity index (χ1n) is 4.89. The molecule has 0 spiro atoms. The zero-order chi connectivity index (χ0) is 9.57. The quantitative estimate of drug-likeness (QED) is 0.543. The van der Waals surface area contributed by atoms with Crippen molar-refractivity contribution in [2.75, 3.05) is 6.61 Å². The predicted octanol–water partition coefficient (Wildman–Crippen LogP) is 3.09. The first-order valence-corrected chi connectivity index (χ1v) is 4.89. The smallest absolute Gasteiger partial charge is 0.0663 e. The van der Waals surface area contributed by atoms with E-state index in [2.05, 4.69) is 41.5 Å². The summed E-state index contributed by atoms with van der Waals surface area (Å²) in [5, 5.41) is 0. The maximum Gasteiger partial charge on any atom is 0.0663 e. The molecule has 0 bridgehead atoms. The standard InChI is InChI=1S/C11H22O/c1-8-7-12-11(5,6)9(8)10(2,3)4/h8-9H,7H2,1-6H3/t8-,9+/m0/s1. The maximum atomic E-state index is 5.79. The van der Waals surface area contributed by atoms with Gasteiger partial charge in [-0.3, -0.25) is 0 Å². The number of hydrogen-bond donors (Lipinski definition) is 0. The second kappa shape index (κ2) is 2.73. The second-order valence-electron chi connectivity index (χ2n) is 5.74. The average Bonchev–Trinajstić information content (AvgIpc) is 2.03. The van der Waals surface area contributed by atoms with E-state index in [9.17, 15) is 0 Å². The monoisotopic (exact) mass is 170 g/mol. The molecule has 1 saturated heterocycles. The highest BCUT2D eigenvalue weighted by atomic mass is 16.5. The molecule has 1 aliphatic rings. The van der Waals surface area contributed by atoms with Crippen molar-refractivity contribution in [2.45, 2.75) is 47.1 Å². The summed E-state index contributed by atoms with van der Waals surface area (Å²) in [6, 6.07) is 0. The highest BCUT2D eigenvalue weighted by Crippen LogP contribution is 2.46. The molecular weight excluding hydrogens is 148 g/mol. The van der Waals surface area contributed by atoms with Crippen LogP contribution in [0.15, 0.2) is 0 Å². The molecule has 0 aromatic rings. The summed E-state index contributed by atoms with van der Waals surface area (Å²) in [4.78, 5) is 0. The lowest BCUT2D eigenvalue weighted by Gasteiger charge is -2.38. The van der Waals surface area contributed by atoms with Crippen molar-refractivity contribution in [3.8, 4) is 0 Å². The Morgan fingerprint density at radius 2 is 1.75 bits per heavy atom. The van der Waals surface area contributed by atoms with Gasteiger partial charge in [-0.05, 0) is 31.1 Å². The van der Waals surface area contributed by atoms with Crippen molar-refractivity contribution in [2.24, 2.45) is 17.3 Å². The Labute approximate surface area is 76.5 Å². The third-order valence-corrected chi connectivity index (χ3v) is 2.97. The van der Waals surface area contributed by atoms with E-state index in [-0.39, 0.29) is 5.60 Å². The average molecular weight is 170 g/mol. The lowest BCUT2D eigenvalue weighted by molar-refractivity contribution is -0.0190. The fraction of sp³-hybridized carbons (Fsp3) is 1.00. The lowest BCUT2D eigenvalue weighted by atomic mass is 9.68. The van der Waals surface area contributed by atoms with Crippen LogP contribution >= 0.6 is 0 Å². The maximum absolute atomic E-state index is 5.79. The van der Waals surface area contributed by atoms with E-state index in [1.165, 1.54) is 0 Å². The Bertz CT molecular complexity index is 164. The molecule has 1 rings (SSSR count). The molecule has 0 unspecified atom stereocenters. The molecule has 72 valence electrons. The van der Waals surface area contributed by atoms with Crippen molar-refractivity contribution >= 4 is 0 Å². The molecule has 0 aromatic carbocycles. The van der Waals surface area contributed by atoms with Gasteiger partial charge in [-0.1, -0.05) is 27.7 Å². The van der Waals surface area contributed by atoms with E-state index in [0.29, 0.717) is 17.3 Å². The van der Waals surface area contributed by atoms with Crippen molar-refractivity contribution in [3.63, 3.8) is 0 Å².